The Hall–Kier alpha value is -3.89. The van der Waals surface area contributed by atoms with Gasteiger partial charge in [-0.3, -0.25) is 14.2 Å². The van der Waals surface area contributed by atoms with Gasteiger partial charge in [0.05, 0.1) is 24.9 Å². The summed E-state index contributed by atoms with van der Waals surface area (Å²) in [4.78, 5) is 21.4. The van der Waals surface area contributed by atoms with Gasteiger partial charge in [-0.05, 0) is 12.1 Å². The minimum absolute atomic E-state index is 0.0852. The van der Waals surface area contributed by atoms with Crippen molar-refractivity contribution in [3.63, 3.8) is 0 Å². The van der Waals surface area contributed by atoms with E-state index in [0.717, 1.165) is 24.3 Å². The highest BCUT2D eigenvalue weighted by molar-refractivity contribution is 5.91. The number of benzene rings is 2. The van der Waals surface area contributed by atoms with Gasteiger partial charge in [0.15, 0.2) is 5.78 Å². The summed E-state index contributed by atoms with van der Waals surface area (Å²) in [6, 6.07) is 5.73. The molecule has 0 radical (unpaired) electrons. The van der Waals surface area contributed by atoms with Gasteiger partial charge in [-0.2, -0.15) is 10.2 Å². The Balaban J connectivity index is 1.79. The van der Waals surface area contributed by atoms with Crippen molar-refractivity contribution in [3.05, 3.63) is 96.1 Å². The molecule has 0 aliphatic heterocycles. The van der Waals surface area contributed by atoms with E-state index in [9.17, 15) is 22.4 Å². The molecular formula is C21H16F4N6O. The summed E-state index contributed by atoms with van der Waals surface area (Å²) in [7, 11) is 0. The number of carbonyl (C=O) groups excluding carboxylic acids is 1. The molecule has 0 N–H and O–H groups in total. The smallest absolute Gasteiger partial charge is 0.151 e. The van der Waals surface area contributed by atoms with Crippen molar-refractivity contribution in [2.75, 3.05) is 0 Å². The molecular weight excluding hydrogens is 428 g/mol. The molecule has 0 amide bonds. The minimum Gasteiger partial charge on any atom is -0.298 e. The van der Waals surface area contributed by atoms with Crippen LogP contribution in [0, 0.1) is 23.3 Å². The lowest BCUT2D eigenvalue weighted by Gasteiger charge is -2.24. The van der Waals surface area contributed by atoms with Crippen molar-refractivity contribution in [2.45, 2.75) is 24.9 Å². The second kappa shape index (κ2) is 9.08. The van der Waals surface area contributed by atoms with Crippen LogP contribution in [0.2, 0.25) is 0 Å². The molecule has 2 atom stereocenters. The van der Waals surface area contributed by atoms with Crippen LogP contribution in [-0.2, 0) is 17.9 Å². The van der Waals surface area contributed by atoms with Gasteiger partial charge in [-0.1, -0.05) is 12.1 Å². The summed E-state index contributed by atoms with van der Waals surface area (Å²) >= 11 is 0. The number of ketones is 1. The summed E-state index contributed by atoms with van der Waals surface area (Å²) in [6.07, 6.45) is 5.17. The van der Waals surface area contributed by atoms with Crippen LogP contribution in [0.4, 0.5) is 17.6 Å². The monoisotopic (exact) mass is 444 g/mol. The van der Waals surface area contributed by atoms with Crippen molar-refractivity contribution in [3.8, 4) is 0 Å². The molecule has 4 aromatic rings. The molecule has 2 aromatic heterocycles. The number of halogens is 4. The van der Waals surface area contributed by atoms with E-state index >= 15 is 0 Å². The van der Waals surface area contributed by atoms with Gasteiger partial charge in [-0.25, -0.2) is 27.5 Å². The maximum Gasteiger partial charge on any atom is 0.151 e. The second-order valence-corrected chi connectivity index (χ2v) is 7.07. The molecule has 2 unspecified atom stereocenters. The summed E-state index contributed by atoms with van der Waals surface area (Å²) in [5, 5.41) is 7.91. The Labute approximate surface area is 179 Å². The zero-order valence-electron chi connectivity index (χ0n) is 16.4. The first-order chi connectivity index (χ1) is 15.4. The first-order valence-corrected chi connectivity index (χ1v) is 9.51. The topological polar surface area (TPSA) is 78.5 Å². The third-order valence-electron chi connectivity index (χ3n) is 5.04. The average Bonchev–Trinajstić information content (AvgIpc) is 3.45. The molecule has 164 valence electrons. The number of hydrogen-bond donors (Lipinski definition) is 0. The highest BCUT2D eigenvalue weighted by Gasteiger charge is 2.34. The Morgan fingerprint density at radius 3 is 1.53 bits per heavy atom. The Morgan fingerprint density at radius 2 is 1.19 bits per heavy atom. The summed E-state index contributed by atoms with van der Waals surface area (Å²) < 4.78 is 59.0. The fourth-order valence-corrected chi connectivity index (χ4v) is 3.52. The molecule has 0 bridgehead atoms. The van der Waals surface area contributed by atoms with Gasteiger partial charge in [0.2, 0.25) is 0 Å². The molecule has 0 saturated heterocycles. The van der Waals surface area contributed by atoms with Crippen LogP contribution in [0.1, 0.15) is 23.0 Å². The van der Waals surface area contributed by atoms with Crippen molar-refractivity contribution in [1.29, 1.82) is 0 Å². The van der Waals surface area contributed by atoms with Crippen molar-refractivity contribution in [2.24, 2.45) is 0 Å². The molecule has 0 aliphatic carbocycles. The quantitative estimate of drug-likeness (QED) is 0.390. The predicted octanol–water partition coefficient (Wildman–Crippen LogP) is 3.26. The highest BCUT2D eigenvalue weighted by atomic mass is 19.1. The summed E-state index contributed by atoms with van der Waals surface area (Å²) in [6.45, 7) is -0.254. The van der Waals surface area contributed by atoms with Gasteiger partial charge < -0.3 is 0 Å². The molecule has 4 rings (SSSR count). The molecule has 0 fully saturated rings. The van der Waals surface area contributed by atoms with Crippen molar-refractivity contribution < 1.29 is 22.4 Å². The standard InChI is InChI=1S/C21H16F4N6O/c22-13-1-3-15(19(24)5-13)17(7-30-11-26-9-28-30)21(32)18(8-31-12-27-10-29-31)16-4-2-14(23)6-20(16)25/h1-6,9-12,17-18H,7-8H2. The van der Waals surface area contributed by atoms with E-state index in [1.165, 1.54) is 34.7 Å². The first-order valence-electron chi connectivity index (χ1n) is 9.51. The van der Waals surface area contributed by atoms with Gasteiger partial charge >= 0.3 is 0 Å². The van der Waals surface area contributed by atoms with E-state index in [-0.39, 0.29) is 24.2 Å². The lowest BCUT2D eigenvalue weighted by Crippen LogP contribution is -2.29. The van der Waals surface area contributed by atoms with Crippen LogP contribution in [-0.4, -0.2) is 35.3 Å². The maximum atomic E-state index is 14.7. The third kappa shape index (κ3) is 4.56. The molecule has 11 heteroatoms. The third-order valence-corrected chi connectivity index (χ3v) is 5.04. The normalized spacial score (nSPS) is 13.1. The van der Waals surface area contributed by atoms with Crippen LogP contribution in [0.25, 0.3) is 0 Å². The van der Waals surface area contributed by atoms with Crippen LogP contribution in [0.3, 0.4) is 0 Å². The average molecular weight is 444 g/mol. The van der Waals surface area contributed by atoms with Crippen LogP contribution in [0.5, 0.6) is 0 Å². The van der Waals surface area contributed by atoms with E-state index in [2.05, 4.69) is 20.2 Å². The molecule has 0 aliphatic rings. The van der Waals surface area contributed by atoms with E-state index in [1.54, 1.807) is 0 Å². The fourth-order valence-electron chi connectivity index (χ4n) is 3.52. The maximum absolute atomic E-state index is 14.7. The lowest BCUT2D eigenvalue weighted by molar-refractivity contribution is -0.122. The summed E-state index contributed by atoms with van der Waals surface area (Å²) in [5.41, 5.74) is -0.170. The van der Waals surface area contributed by atoms with Crippen LogP contribution in [0.15, 0.2) is 61.7 Å². The molecule has 2 aromatic carbocycles. The zero-order valence-corrected chi connectivity index (χ0v) is 16.4. The molecule has 2 heterocycles. The van der Waals surface area contributed by atoms with Crippen LogP contribution < -0.4 is 0 Å². The Bertz CT molecular complexity index is 1120. The van der Waals surface area contributed by atoms with Crippen molar-refractivity contribution in [1.82, 2.24) is 29.5 Å². The van der Waals surface area contributed by atoms with Crippen LogP contribution >= 0.6 is 0 Å². The highest BCUT2D eigenvalue weighted by Crippen LogP contribution is 2.32. The molecule has 0 saturated carbocycles. The largest absolute Gasteiger partial charge is 0.298 e. The SMILES string of the molecule is O=C(C(Cn1cncn1)c1ccc(F)cc1F)C(Cn1cncn1)c1ccc(F)cc1F. The number of rotatable bonds is 8. The fraction of sp³-hybridized carbons (Fsp3) is 0.190. The number of Topliss-reactive ketones (excluding diaryl/α,β-unsaturated/α-hetero) is 1. The molecule has 32 heavy (non-hydrogen) atoms. The van der Waals surface area contributed by atoms with Gasteiger partial charge in [0.25, 0.3) is 0 Å². The number of nitrogens with zero attached hydrogens (tertiary/aromatic N) is 6. The van der Waals surface area contributed by atoms with E-state index < -0.39 is 40.9 Å². The lowest BCUT2D eigenvalue weighted by atomic mass is 9.83. The van der Waals surface area contributed by atoms with E-state index in [1.807, 2.05) is 0 Å². The van der Waals surface area contributed by atoms with E-state index in [4.69, 9.17) is 0 Å². The Morgan fingerprint density at radius 1 is 0.750 bits per heavy atom. The van der Waals surface area contributed by atoms with Gasteiger partial charge in [0.1, 0.15) is 48.6 Å². The predicted molar refractivity (Wildman–Crippen MR) is 103 cm³/mol. The minimum atomic E-state index is -1.17. The van der Waals surface area contributed by atoms with Crippen molar-refractivity contribution >= 4 is 5.78 Å². The molecule has 0 spiro atoms. The second-order valence-electron chi connectivity index (χ2n) is 7.07. The first kappa shape index (κ1) is 21.3. The zero-order chi connectivity index (χ0) is 22.7. The molecule has 7 nitrogen and oxygen atoms in total. The van der Waals surface area contributed by atoms with Gasteiger partial charge in [-0.15, -0.1) is 0 Å². The van der Waals surface area contributed by atoms with Gasteiger partial charge in [0, 0.05) is 23.3 Å². The Kier molecular flexibility index (Phi) is 6.06. The summed E-state index contributed by atoms with van der Waals surface area (Å²) in [5.74, 6) is -6.40. The number of carbonyl (C=O) groups is 1. The van der Waals surface area contributed by atoms with E-state index in [0.29, 0.717) is 12.1 Å². The number of hydrogen-bond acceptors (Lipinski definition) is 5. The number of aromatic nitrogens is 6.